The quantitative estimate of drug-likeness (QED) is 0.599. The van der Waals surface area contributed by atoms with E-state index >= 15 is 0 Å². The molecule has 13 heavy (non-hydrogen) atoms. The van der Waals surface area contributed by atoms with E-state index in [0.717, 1.165) is 19.0 Å². The van der Waals surface area contributed by atoms with E-state index in [1.54, 1.807) is 0 Å². The molecule has 1 fully saturated rings. The van der Waals surface area contributed by atoms with Crippen LogP contribution in [0.5, 0.6) is 0 Å². The molecule has 1 rings (SSSR count). The van der Waals surface area contributed by atoms with Gasteiger partial charge < -0.3 is 15.2 Å². The number of rotatable bonds is 6. The van der Waals surface area contributed by atoms with Crippen molar-refractivity contribution in [3.05, 3.63) is 0 Å². The Labute approximate surface area is 80.5 Å². The normalized spacial score (nSPS) is 20.3. The Morgan fingerprint density at radius 1 is 1.46 bits per heavy atom. The third-order valence-corrected chi connectivity index (χ3v) is 2.55. The number of aliphatic hydroxyl groups excluding tert-OH is 1. The molecule has 0 aliphatic carbocycles. The molecule has 0 atom stereocenters. The van der Waals surface area contributed by atoms with Gasteiger partial charge in [-0.05, 0) is 18.9 Å². The first-order chi connectivity index (χ1) is 6.18. The summed E-state index contributed by atoms with van der Waals surface area (Å²) in [4.78, 5) is 0. The Hall–Kier alpha value is -0.120. The summed E-state index contributed by atoms with van der Waals surface area (Å²) in [5.41, 5.74) is 0.0248. The molecule has 1 saturated heterocycles. The highest BCUT2D eigenvalue weighted by Crippen LogP contribution is 2.25. The van der Waals surface area contributed by atoms with E-state index in [4.69, 9.17) is 9.84 Å². The van der Waals surface area contributed by atoms with Gasteiger partial charge in [0.05, 0.1) is 25.2 Å². The summed E-state index contributed by atoms with van der Waals surface area (Å²) in [5.74, 6) is 0.746. The molecular formula is C10H21NO2. The predicted octanol–water partition coefficient (Wildman–Crippen LogP) is 0.631. The van der Waals surface area contributed by atoms with Gasteiger partial charge in [0.15, 0.2) is 0 Å². The summed E-state index contributed by atoms with van der Waals surface area (Å²) in [6, 6.07) is 0. The number of nitrogens with one attached hydrogen (secondary N) is 1. The van der Waals surface area contributed by atoms with Crippen LogP contribution in [-0.4, -0.2) is 38.0 Å². The Morgan fingerprint density at radius 3 is 2.54 bits per heavy atom. The first-order valence-electron chi connectivity index (χ1n) is 5.08. The average molecular weight is 187 g/mol. The van der Waals surface area contributed by atoms with Crippen LogP contribution in [0.3, 0.4) is 0 Å². The van der Waals surface area contributed by atoms with Gasteiger partial charge in [-0.2, -0.15) is 0 Å². The van der Waals surface area contributed by atoms with Gasteiger partial charge in [-0.25, -0.2) is 0 Å². The van der Waals surface area contributed by atoms with Crippen LogP contribution in [0.2, 0.25) is 0 Å². The molecule has 1 aliphatic heterocycles. The van der Waals surface area contributed by atoms with Gasteiger partial charge in [-0.3, -0.25) is 0 Å². The smallest absolute Gasteiger partial charge is 0.0579 e. The molecular weight excluding hydrogens is 166 g/mol. The average Bonchev–Trinajstić information content (AvgIpc) is 2.01. The number of hydrogen-bond acceptors (Lipinski definition) is 3. The Kier molecular flexibility index (Phi) is 4.16. The van der Waals surface area contributed by atoms with Crippen molar-refractivity contribution in [2.45, 2.75) is 20.3 Å². The predicted molar refractivity (Wildman–Crippen MR) is 52.7 cm³/mol. The van der Waals surface area contributed by atoms with Crippen molar-refractivity contribution in [2.75, 3.05) is 32.9 Å². The van der Waals surface area contributed by atoms with Gasteiger partial charge in [0.1, 0.15) is 0 Å². The van der Waals surface area contributed by atoms with Crippen molar-refractivity contribution in [2.24, 2.45) is 11.3 Å². The van der Waals surface area contributed by atoms with Crippen LogP contribution in [0.15, 0.2) is 0 Å². The maximum absolute atomic E-state index is 9.13. The SMILES string of the molecule is CC(C)CCNCC1(CO)COC1. The summed E-state index contributed by atoms with van der Waals surface area (Å²) in [6.07, 6.45) is 1.20. The minimum atomic E-state index is 0.0248. The van der Waals surface area contributed by atoms with Crippen LogP contribution in [0, 0.1) is 11.3 Å². The zero-order chi connectivity index (χ0) is 9.73. The van der Waals surface area contributed by atoms with Crippen molar-refractivity contribution in [1.29, 1.82) is 0 Å². The standard InChI is InChI=1S/C10H21NO2/c1-9(2)3-4-11-5-10(6-12)7-13-8-10/h9,11-12H,3-8H2,1-2H3. The molecule has 0 bridgehead atoms. The van der Waals surface area contributed by atoms with Gasteiger partial charge in [0.2, 0.25) is 0 Å². The third-order valence-electron chi connectivity index (χ3n) is 2.55. The molecule has 0 unspecified atom stereocenters. The maximum atomic E-state index is 9.13. The minimum absolute atomic E-state index is 0.0248. The Balaban J connectivity index is 2.04. The van der Waals surface area contributed by atoms with Crippen molar-refractivity contribution in [3.63, 3.8) is 0 Å². The van der Waals surface area contributed by atoms with E-state index in [9.17, 15) is 0 Å². The van der Waals surface area contributed by atoms with E-state index in [-0.39, 0.29) is 12.0 Å². The van der Waals surface area contributed by atoms with E-state index in [1.165, 1.54) is 6.42 Å². The summed E-state index contributed by atoms with van der Waals surface area (Å²) < 4.78 is 5.11. The summed E-state index contributed by atoms with van der Waals surface area (Å²) in [6.45, 7) is 8.01. The first-order valence-corrected chi connectivity index (χ1v) is 5.08. The second-order valence-electron chi connectivity index (χ2n) is 4.51. The second kappa shape index (κ2) is 4.94. The van der Waals surface area contributed by atoms with Crippen LogP contribution in [0.4, 0.5) is 0 Å². The molecule has 0 saturated carbocycles. The zero-order valence-corrected chi connectivity index (χ0v) is 8.68. The molecule has 3 heteroatoms. The third kappa shape index (κ3) is 3.25. The summed E-state index contributed by atoms with van der Waals surface area (Å²) >= 11 is 0. The minimum Gasteiger partial charge on any atom is -0.396 e. The topological polar surface area (TPSA) is 41.5 Å². The summed E-state index contributed by atoms with van der Waals surface area (Å²) in [5, 5.41) is 12.5. The number of ether oxygens (including phenoxy) is 1. The second-order valence-corrected chi connectivity index (χ2v) is 4.51. The van der Waals surface area contributed by atoms with E-state index in [1.807, 2.05) is 0 Å². The molecule has 0 amide bonds. The summed E-state index contributed by atoms with van der Waals surface area (Å²) in [7, 11) is 0. The van der Waals surface area contributed by atoms with E-state index in [2.05, 4.69) is 19.2 Å². The molecule has 78 valence electrons. The van der Waals surface area contributed by atoms with Crippen molar-refractivity contribution < 1.29 is 9.84 Å². The van der Waals surface area contributed by atoms with E-state index < -0.39 is 0 Å². The highest BCUT2D eigenvalue weighted by Gasteiger charge is 2.37. The fourth-order valence-electron chi connectivity index (χ4n) is 1.38. The molecule has 0 aromatic carbocycles. The Bertz CT molecular complexity index is 138. The van der Waals surface area contributed by atoms with Crippen LogP contribution >= 0.6 is 0 Å². The molecule has 0 aromatic rings. The lowest BCUT2D eigenvalue weighted by Crippen LogP contribution is -2.52. The fourth-order valence-corrected chi connectivity index (χ4v) is 1.38. The van der Waals surface area contributed by atoms with Gasteiger partial charge in [-0.1, -0.05) is 13.8 Å². The lowest BCUT2D eigenvalue weighted by atomic mass is 9.87. The molecule has 0 aromatic heterocycles. The van der Waals surface area contributed by atoms with Crippen LogP contribution in [0.25, 0.3) is 0 Å². The number of aliphatic hydroxyl groups is 1. The van der Waals surface area contributed by atoms with Crippen LogP contribution in [0.1, 0.15) is 20.3 Å². The monoisotopic (exact) mass is 187 g/mol. The number of hydrogen-bond donors (Lipinski definition) is 2. The first kappa shape index (κ1) is 11.0. The van der Waals surface area contributed by atoms with E-state index in [0.29, 0.717) is 13.2 Å². The molecule has 2 N–H and O–H groups in total. The molecule has 1 heterocycles. The van der Waals surface area contributed by atoms with Gasteiger partial charge >= 0.3 is 0 Å². The zero-order valence-electron chi connectivity index (χ0n) is 8.68. The molecule has 1 aliphatic rings. The lowest BCUT2D eigenvalue weighted by molar-refractivity contribution is -0.134. The lowest BCUT2D eigenvalue weighted by Gasteiger charge is -2.40. The fraction of sp³-hybridized carbons (Fsp3) is 1.00. The van der Waals surface area contributed by atoms with Crippen LogP contribution in [-0.2, 0) is 4.74 Å². The van der Waals surface area contributed by atoms with Crippen molar-refractivity contribution in [3.8, 4) is 0 Å². The molecule has 0 spiro atoms. The Morgan fingerprint density at radius 2 is 2.15 bits per heavy atom. The maximum Gasteiger partial charge on any atom is 0.0579 e. The highest BCUT2D eigenvalue weighted by molar-refractivity contribution is 4.86. The van der Waals surface area contributed by atoms with Gasteiger partial charge in [-0.15, -0.1) is 0 Å². The van der Waals surface area contributed by atoms with Gasteiger partial charge in [0.25, 0.3) is 0 Å². The van der Waals surface area contributed by atoms with Gasteiger partial charge in [0, 0.05) is 6.54 Å². The molecule has 3 nitrogen and oxygen atoms in total. The van der Waals surface area contributed by atoms with Crippen molar-refractivity contribution in [1.82, 2.24) is 5.32 Å². The van der Waals surface area contributed by atoms with Crippen molar-refractivity contribution >= 4 is 0 Å². The highest BCUT2D eigenvalue weighted by atomic mass is 16.5. The largest absolute Gasteiger partial charge is 0.396 e. The molecule has 0 radical (unpaired) electrons. The van der Waals surface area contributed by atoms with Crippen LogP contribution < -0.4 is 5.32 Å².